The van der Waals surface area contributed by atoms with Gasteiger partial charge in [0.05, 0.1) is 18.0 Å². The van der Waals surface area contributed by atoms with Gasteiger partial charge in [0.2, 0.25) is 15.9 Å². The van der Waals surface area contributed by atoms with E-state index in [1.54, 1.807) is 17.0 Å². The van der Waals surface area contributed by atoms with Gasteiger partial charge in [0.25, 0.3) is 0 Å². The van der Waals surface area contributed by atoms with Crippen molar-refractivity contribution in [2.24, 2.45) is 0 Å². The molecule has 1 fully saturated rings. The Morgan fingerprint density at radius 2 is 1.57 bits per heavy atom. The molecule has 0 N–H and O–H groups in total. The average molecular weight is 522 g/mol. The maximum atomic E-state index is 13.6. The van der Waals surface area contributed by atoms with Crippen molar-refractivity contribution in [1.29, 1.82) is 0 Å². The minimum Gasteiger partial charge on any atom is -0.494 e. The molecule has 0 aliphatic carbocycles. The lowest BCUT2D eigenvalue weighted by Crippen LogP contribution is -2.52. The molecule has 1 aliphatic heterocycles. The number of sulfonamides is 1. The van der Waals surface area contributed by atoms with Crippen molar-refractivity contribution in [3.63, 3.8) is 0 Å². The van der Waals surface area contributed by atoms with Crippen molar-refractivity contribution in [1.82, 2.24) is 9.21 Å². The molecule has 3 aromatic rings. The van der Waals surface area contributed by atoms with E-state index in [4.69, 9.17) is 4.74 Å². The number of amides is 1. The highest BCUT2D eigenvalue weighted by atomic mass is 32.2. The first-order valence-electron chi connectivity index (χ1n) is 12.7. The summed E-state index contributed by atoms with van der Waals surface area (Å²) < 4.78 is 34.0. The summed E-state index contributed by atoms with van der Waals surface area (Å²) in [5, 5.41) is 0. The molecule has 0 bridgehead atoms. The third-order valence-electron chi connectivity index (χ3n) is 6.83. The van der Waals surface area contributed by atoms with Crippen LogP contribution in [-0.4, -0.2) is 62.9 Å². The number of aryl methyl sites for hydroxylation is 1. The number of ether oxygens (including phenoxy) is 1. The molecule has 1 saturated heterocycles. The maximum absolute atomic E-state index is 13.6. The molecule has 8 heteroatoms. The lowest BCUT2D eigenvalue weighted by atomic mass is 10.1. The molecule has 0 atom stereocenters. The van der Waals surface area contributed by atoms with E-state index in [1.165, 1.54) is 33.3 Å². The van der Waals surface area contributed by atoms with E-state index in [1.807, 2.05) is 37.3 Å². The molecule has 1 heterocycles. The fraction of sp³-hybridized carbons (Fsp3) is 0.345. The van der Waals surface area contributed by atoms with Crippen molar-refractivity contribution in [3.8, 4) is 5.75 Å². The second-order valence-corrected chi connectivity index (χ2v) is 11.2. The normalized spacial score (nSPS) is 14.2. The summed E-state index contributed by atoms with van der Waals surface area (Å²) in [6.07, 6.45) is 0. The largest absolute Gasteiger partial charge is 0.494 e. The van der Waals surface area contributed by atoms with Crippen LogP contribution in [0.15, 0.2) is 77.7 Å². The molecule has 37 heavy (non-hydrogen) atoms. The van der Waals surface area contributed by atoms with Gasteiger partial charge in [-0.2, -0.15) is 4.31 Å². The maximum Gasteiger partial charge on any atom is 0.243 e. The van der Waals surface area contributed by atoms with Gasteiger partial charge < -0.3 is 14.5 Å². The molecule has 0 unspecified atom stereocenters. The molecule has 1 amide bonds. The van der Waals surface area contributed by atoms with Gasteiger partial charge in [-0.05, 0) is 67.8 Å². The summed E-state index contributed by atoms with van der Waals surface area (Å²) in [6.45, 7) is 9.01. The first kappa shape index (κ1) is 26.7. The van der Waals surface area contributed by atoms with E-state index < -0.39 is 10.0 Å². The Labute approximate surface area is 220 Å². The predicted molar refractivity (Wildman–Crippen MR) is 146 cm³/mol. The monoisotopic (exact) mass is 521 g/mol. The van der Waals surface area contributed by atoms with Crippen LogP contribution in [0.1, 0.15) is 23.6 Å². The number of benzene rings is 3. The zero-order valence-corrected chi connectivity index (χ0v) is 22.6. The van der Waals surface area contributed by atoms with Crippen LogP contribution in [0.2, 0.25) is 0 Å². The molecular weight excluding hydrogens is 486 g/mol. The van der Waals surface area contributed by atoms with Crippen molar-refractivity contribution < 1.29 is 17.9 Å². The molecule has 3 aromatic carbocycles. The second-order valence-electron chi connectivity index (χ2n) is 9.25. The van der Waals surface area contributed by atoms with Gasteiger partial charge in [0, 0.05) is 38.4 Å². The number of hydrogen-bond donors (Lipinski definition) is 0. The molecule has 0 spiro atoms. The second kappa shape index (κ2) is 11.8. The van der Waals surface area contributed by atoms with E-state index in [0.717, 1.165) is 5.56 Å². The third kappa shape index (κ3) is 6.32. The molecule has 1 aliphatic rings. The summed E-state index contributed by atoms with van der Waals surface area (Å²) in [5.41, 5.74) is 4.50. The molecule has 4 rings (SSSR count). The first-order chi connectivity index (χ1) is 17.8. The van der Waals surface area contributed by atoms with E-state index >= 15 is 0 Å². The standard InChI is InChI=1S/C29H35N3O4S/c1-4-36-26-13-15-27(16-14-26)37(34,35)32(21-25-10-6-5-7-11-25)22-29(33)31-19-17-30(18-20-31)28-12-8-9-23(2)24(28)3/h5-16H,4,17-22H2,1-3H3. The Balaban J connectivity index is 1.49. The van der Waals surface area contributed by atoms with Crippen molar-refractivity contribution >= 4 is 21.6 Å². The van der Waals surface area contributed by atoms with Crippen LogP contribution in [0.4, 0.5) is 5.69 Å². The third-order valence-corrected chi connectivity index (χ3v) is 8.64. The zero-order valence-electron chi connectivity index (χ0n) is 21.8. The minimum absolute atomic E-state index is 0.116. The lowest BCUT2D eigenvalue weighted by Gasteiger charge is -2.37. The van der Waals surface area contributed by atoms with Gasteiger partial charge in [-0.15, -0.1) is 0 Å². The molecule has 0 aromatic heterocycles. The van der Waals surface area contributed by atoms with Gasteiger partial charge >= 0.3 is 0 Å². The molecule has 0 saturated carbocycles. The Bertz CT molecular complexity index is 1300. The Kier molecular flexibility index (Phi) is 8.51. The summed E-state index contributed by atoms with van der Waals surface area (Å²) in [5.74, 6) is 0.417. The summed E-state index contributed by atoms with van der Waals surface area (Å²) >= 11 is 0. The van der Waals surface area contributed by atoms with Gasteiger partial charge in [-0.3, -0.25) is 4.79 Å². The van der Waals surface area contributed by atoms with E-state index in [0.29, 0.717) is 38.5 Å². The molecule has 0 radical (unpaired) electrons. The van der Waals surface area contributed by atoms with E-state index in [-0.39, 0.29) is 23.9 Å². The van der Waals surface area contributed by atoms with Crippen LogP contribution in [0.25, 0.3) is 0 Å². The quantitative estimate of drug-likeness (QED) is 0.421. The van der Waals surface area contributed by atoms with Crippen molar-refractivity contribution in [2.45, 2.75) is 32.2 Å². The lowest BCUT2D eigenvalue weighted by molar-refractivity contribution is -0.131. The minimum atomic E-state index is -3.91. The molecule has 7 nitrogen and oxygen atoms in total. The number of piperazine rings is 1. The first-order valence-corrected chi connectivity index (χ1v) is 14.1. The fourth-order valence-electron chi connectivity index (χ4n) is 4.56. The van der Waals surface area contributed by atoms with Crippen LogP contribution in [-0.2, 0) is 21.4 Å². The van der Waals surface area contributed by atoms with Crippen molar-refractivity contribution in [2.75, 3.05) is 44.2 Å². The highest BCUT2D eigenvalue weighted by molar-refractivity contribution is 7.89. The fourth-order valence-corrected chi connectivity index (χ4v) is 5.94. The van der Waals surface area contributed by atoms with Gasteiger partial charge in [0.15, 0.2) is 0 Å². The number of rotatable bonds is 9. The topological polar surface area (TPSA) is 70.2 Å². The number of hydrogen-bond acceptors (Lipinski definition) is 5. The number of carbonyl (C=O) groups is 1. The Morgan fingerprint density at radius 3 is 2.22 bits per heavy atom. The number of anilines is 1. The van der Waals surface area contributed by atoms with Crippen LogP contribution in [0, 0.1) is 13.8 Å². The number of carbonyl (C=O) groups excluding carboxylic acids is 1. The molecular formula is C29H35N3O4S. The van der Waals surface area contributed by atoms with E-state index in [2.05, 4.69) is 36.9 Å². The summed E-state index contributed by atoms with van der Waals surface area (Å²) in [7, 11) is -3.91. The Hall–Kier alpha value is -3.36. The summed E-state index contributed by atoms with van der Waals surface area (Å²) in [6, 6.07) is 22.0. The summed E-state index contributed by atoms with van der Waals surface area (Å²) in [4.78, 5) is 17.6. The highest BCUT2D eigenvalue weighted by Gasteiger charge is 2.30. The van der Waals surface area contributed by atoms with Crippen LogP contribution in [0.5, 0.6) is 5.75 Å². The zero-order chi connectivity index (χ0) is 26.4. The van der Waals surface area contributed by atoms with Gasteiger partial charge in [0.1, 0.15) is 5.75 Å². The van der Waals surface area contributed by atoms with Gasteiger partial charge in [-0.25, -0.2) is 8.42 Å². The predicted octanol–water partition coefficient (Wildman–Crippen LogP) is 4.24. The smallest absolute Gasteiger partial charge is 0.243 e. The number of nitrogens with zero attached hydrogens (tertiary/aromatic N) is 3. The molecule has 196 valence electrons. The van der Waals surface area contributed by atoms with E-state index in [9.17, 15) is 13.2 Å². The van der Waals surface area contributed by atoms with Gasteiger partial charge in [-0.1, -0.05) is 42.5 Å². The van der Waals surface area contributed by atoms with Crippen LogP contribution >= 0.6 is 0 Å². The van der Waals surface area contributed by atoms with Crippen molar-refractivity contribution in [3.05, 3.63) is 89.5 Å². The highest BCUT2D eigenvalue weighted by Crippen LogP contribution is 2.25. The SMILES string of the molecule is CCOc1ccc(S(=O)(=O)N(CC(=O)N2CCN(c3cccc(C)c3C)CC2)Cc2ccccc2)cc1. The van der Waals surface area contributed by atoms with Crippen LogP contribution in [0.3, 0.4) is 0 Å². The Morgan fingerprint density at radius 1 is 0.892 bits per heavy atom. The average Bonchev–Trinajstić information content (AvgIpc) is 2.91. The van der Waals surface area contributed by atoms with Crippen LogP contribution < -0.4 is 9.64 Å².